The first-order valence-electron chi connectivity index (χ1n) is 6.33. The fourth-order valence-electron chi connectivity index (χ4n) is 1.79. The lowest BCUT2D eigenvalue weighted by molar-refractivity contribution is -0.149. The molecule has 0 aliphatic heterocycles. The number of likely N-dealkylation sites (N-methyl/N-ethyl adjacent to an activating group) is 1. The SMILES string of the molecule is CCCc1nc(CN(CC)C(C)(C)C(=O)O)cs1. The van der Waals surface area contributed by atoms with Crippen LogP contribution in [0.1, 0.15) is 44.8 Å². The Morgan fingerprint density at radius 1 is 1.50 bits per heavy atom. The third kappa shape index (κ3) is 3.53. The van der Waals surface area contributed by atoms with Crippen LogP contribution in [0.3, 0.4) is 0 Å². The van der Waals surface area contributed by atoms with Gasteiger partial charge in [-0.1, -0.05) is 13.8 Å². The van der Waals surface area contributed by atoms with E-state index in [4.69, 9.17) is 0 Å². The Balaban J connectivity index is 2.76. The van der Waals surface area contributed by atoms with Crippen molar-refractivity contribution in [2.24, 2.45) is 0 Å². The minimum absolute atomic E-state index is 0.593. The highest BCUT2D eigenvalue weighted by Gasteiger charge is 2.33. The third-order valence-electron chi connectivity index (χ3n) is 3.11. The summed E-state index contributed by atoms with van der Waals surface area (Å²) in [6.07, 6.45) is 2.09. The number of aliphatic carboxylic acids is 1. The van der Waals surface area contributed by atoms with Crippen LogP contribution in [0.2, 0.25) is 0 Å². The van der Waals surface area contributed by atoms with E-state index in [1.807, 2.05) is 17.2 Å². The summed E-state index contributed by atoms with van der Waals surface area (Å²) in [6.45, 7) is 8.86. The number of aromatic nitrogens is 1. The van der Waals surface area contributed by atoms with E-state index in [1.54, 1.807) is 25.2 Å². The summed E-state index contributed by atoms with van der Waals surface area (Å²) in [5.74, 6) is -0.798. The number of hydrogen-bond acceptors (Lipinski definition) is 4. The molecule has 0 aromatic carbocycles. The van der Waals surface area contributed by atoms with Crippen LogP contribution in [0.25, 0.3) is 0 Å². The predicted molar refractivity (Wildman–Crippen MR) is 73.9 cm³/mol. The minimum atomic E-state index is -0.858. The van der Waals surface area contributed by atoms with Gasteiger partial charge in [0.15, 0.2) is 0 Å². The second-order valence-electron chi connectivity index (χ2n) is 4.86. The first-order chi connectivity index (χ1) is 8.41. The van der Waals surface area contributed by atoms with E-state index in [0.717, 1.165) is 23.5 Å². The molecule has 102 valence electrons. The number of thiazole rings is 1. The van der Waals surface area contributed by atoms with Gasteiger partial charge in [-0.25, -0.2) is 4.98 Å². The van der Waals surface area contributed by atoms with Crippen molar-refractivity contribution < 1.29 is 9.90 Å². The zero-order valence-corrected chi connectivity index (χ0v) is 12.4. The highest BCUT2D eigenvalue weighted by molar-refractivity contribution is 7.09. The van der Waals surface area contributed by atoms with Gasteiger partial charge in [0, 0.05) is 11.9 Å². The number of rotatable bonds is 7. The molecule has 0 saturated carbocycles. The Morgan fingerprint density at radius 3 is 2.67 bits per heavy atom. The fraction of sp³-hybridized carbons (Fsp3) is 0.692. The smallest absolute Gasteiger partial charge is 0.323 e. The van der Waals surface area contributed by atoms with E-state index >= 15 is 0 Å². The molecule has 4 nitrogen and oxygen atoms in total. The van der Waals surface area contributed by atoms with Crippen LogP contribution in [0, 0.1) is 0 Å². The molecular weight excluding hydrogens is 248 g/mol. The van der Waals surface area contributed by atoms with Gasteiger partial charge in [-0.15, -0.1) is 11.3 Å². The van der Waals surface area contributed by atoms with Crippen molar-refractivity contribution in [3.8, 4) is 0 Å². The molecule has 0 spiro atoms. The van der Waals surface area contributed by atoms with E-state index < -0.39 is 11.5 Å². The first kappa shape index (κ1) is 15.1. The summed E-state index contributed by atoms with van der Waals surface area (Å²) in [4.78, 5) is 17.7. The molecule has 0 saturated heterocycles. The van der Waals surface area contributed by atoms with Crippen LogP contribution in [-0.2, 0) is 17.8 Å². The standard InChI is InChI=1S/C13H22N2O2S/c1-5-7-11-14-10(9-18-11)8-15(6-2)13(3,4)12(16)17/h9H,5-8H2,1-4H3,(H,16,17). The van der Waals surface area contributed by atoms with Crippen molar-refractivity contribution in [1.82, 2.24) is 9.88 Å². The van der Waals surface area contributed by atoms with Gasteiger partial charge in [0.2, 0.25) is 0 Å². The summed E-state index contributed by atoms with van der Waals surface area (Å²) < 4.78 is 0. The normalized spacial score (nSPS) is 12.1. The summed E-state index contributed by atoms with van der Waals surface area (Å²) in [7, 11) is 0. The van der Waals surface area contributed by atoms with Gasteiger partial charge >= 0.3 is 5.97 Å². The predicted octanol–water partition coefficient (Wildman–Crippen LogP) is 2.78. The maximum absolute atomic E-state index is 11.3. The van der Waals surface area contributed by atoms with Crippen LogP contribution < -0.4 is 0 Å². The molecule has 1 N–H and O–H groups in total. The molecule has 0 bridgehead atoms. The molecule has 5 heteroatoms. The second kappa shape index (κ2) is 6.29. The Hall–Kier alpha value is -0.940. The Morgan fingerprint density at radius 2 is 2.17 bits per heavy atom. The summed E-state index contributed by atoms with van der Waals surface area (Å²) >= 11 is 1.66. The van der Waals surface area contributed by atoms with E-state index in [9.17, 15) is 9.90 Å². The van der Waals surface area contributed by atoms with Crippen molar-refractivity contribution >= 4 is 17.3 Å². The van der Waals surface area contributed by atoms with E-state index in [1.165, 1.54) is 0 Å². The molecule has 18 heavy (non-hydrogen) atoms. The Labute approximate surface area is 113 Å². The van der Waals surface area contributed by atoms with Gasteiger partial charge in [-0.05, 0) is 33.2 Å². The van der Waals surface area contributed by atoms with Gasteiger partial charge in [-0.2, -0.15) is 0 Å². The molecule has 0 amide bonds. The number of aryl methyl sites for hydroxylation is 1. The average Bonchev–Trinajstić information content (AvgIpc) is 2.73. The highest BCUT2D eigenvalue weighted by atomic mass is 32.1. The number of carbonyl (C=O) groups is 1. The molecule has 1 aromatic rings. The molecule has 0 atom stereocenters. The number of carboxylic acids is 1. The third-order valence-corrected chi connectivity index (χ3v) is 4.07. The van der Waals surface area contributed by atoms with E-state index in [2.05, 4.69) is 11.9 Å². The van der Waals surface area contributed by atoms with Crippen LogP contribution >= 0.6 is 11.3 Å². The summed E-state index contributed by atoms with van der Waals surface area (Å²) in [6, 6.07) is 0. The van der Waals surface area contributed by atoms with Gasteiger partial charge < -0.3 is 5.11 Å². The molecule has 0 fully saturated rings. The van der Waals surface area contributed by atoms with Gasteiger partial charge in [0.25, 0.3) is 0 Å². The number of nitrogens with zero attached hydrogens (tertiary/aromatic N) is 2. The van der Waals surface area contributed by atoms with E-state index in [0.29, 0.717) is 13.1 Å². The van der Waals surface area contributed by atoms with Crippen LogP contribution in [0.4, 0.5) is 0 Å². The lowest BCUT2D eigenvalue weighted by Crippen LogP contribution is -2.49. The lowest BCUT2D eigenvalue weighted by Gasteiger charge is -2.33. The van der Waals surface area contributed by atoms with Crippen molar-refractivity contribution in [1.29, 1.82) is 0 Å². The molecule has 1 aromatic heterocycles. The number of hydrogen-bond donors (Lipinski definition) is 1. The Bertz CT molecular complexity index is 401. The molecule has 0 radical (unpaired) electrons. The lowest BCUT2D eigenvalue weighted by atomic mass is 10.0. The van der Waals surface area contributed by atoms with Crippen molar-refractivity contribution in [3.63, 3.8) is 0 Å². The maximum Gasteiger partial charge on any atom is 0.323 e. The molecule has 1 rings (SSSR count). The monoisotopic (exact) mass is 270 g/mol. The zero-order valence-electron chi connectivity index (χ0n) is 11.6. The summed E-state index contributed by atoms with van der Waals surface area (Å²) in [5, 5.41) is 12.4. The molecule has 1 heterocycles. The highest BCUT2D eigenvalue weighted by Crippen LogP contribution is 2.20. The van der Waals surface area contributed by atoms with Gasteiger partial charge in [0.1, 0.15) is 5.54 Å². The molecule has 0 aliphatic rings. The molecule has 0 unspecified atom stereocenters. The topological polar surface area (TPSA) is 53.4 Å². The zero-order chi connectivity index (χ0) is 13.8. The van der Waals surface area contributed by atoms with Crippen LogP contribution in [-0.4, -0.2) is 33.0 Å². The van der Waals surface area contributed by atoms with Crippen molar-refractivity contribution in [3.05, 3.63) is 16.1 Å². The van der Waals surface area contributed by atoms with Crippen molar-refractivity contribution in [2.75, 3.05) is 6.54 Å². The largest absolute Gasteiger partial charge is 0.480 e. The average molecular weight is 270 g/mol. The van der Waals surface area contributed by atoms with Crippen molar-refractivity contribution in [2.45, 2.75) is 52.6 Å². The van der Waals surface area contributed by atoms with Gasteiger partial charge in [0.05, 0.1) is 10.7 Å². The van der Waals surface area contributed by atoms with E-state index in [-0.39, 0.29) is 0 Å². The molecule has 0 aliphatic carbocycles. The minimum Gasteiger partial charge on any atom is -0.480 e. The second-order valence-corrected chi connectivity index (χ2v) is 5.80. The van der Waals surface area contributed by atoms with Crippen LogP contribution in [0.15, 0.2) is 5.38 Å². The number of carboxylic acid groups (broad SMARTS) is 1. The fourth-order valence-corrected chi connectivity index (χ4v) is 2.68. The first-order valence-corrected chi connectivity index (χ1v) is 7.21. The van der Waals surface area contributed by atoms with Crippen LogP contribution in [0.5, 0.6) is 0 Å². The summed E-state index contributed by atoms with van der Waals surface area (Å²) in [5.41, 5.74) is 0.114. The van der Waals surface area contributed by atoms with Gasteiger partial charge in [-0.3, -0.25) is 9.69 Å². The maximum atomic E-state index is 11.3. The molecular formula is C13H22N2O2S. The Kier molecular flexibility index (Phi) is 5.28. The quantitative estimate of drug-likeness (QED) is 0.827.